The number of carbonyl (C=O) groups is 2. The second-order valence-electron chi connectivity index (χ2n) is 6.11. The predicted molar refractivity (Wildman–Crippen MR) is 95.8 cm³/mol. The fourth-order valence-corrected chi connectivity index (χ4v) is 3.94. The summed E-state index contributed by atoms with van der Waals surface area (Å²) >= 11 is 0. The first-order valence-electron chi connectivity index (χ1n) is 8.28. The van der Waals surface area contributed by atoms with Gasteiger partial charge in [0, 0.05) is 12.1 Å². The van der Waals surface area contributed by atoms with Gasteiger partial charge in [0.05, 0.1) is 18.0 Å². The van der Waals surface area contributed by atoms with E-state index in [-0.39, 0.29) is 23.6 Å². The number of ether oxygens (including phenoxy) is 1. The number of terminal acetylenes is 1. The van der Waals surface area contributed by atoms with Crippen molar-refractivity contribution in [2.45, 2.75) is 37.1 Å². The minimum Gasteiger partial charge on any atom is -0.464 e. The Labute approximate surface area is 153 Å². The number of carbonyl (C=O) groups excluding carboxylic acids is 2. The molecule has 0 saturated carbocycles. The Morgan fingerprint density at radius 3 is 2.81 bits per heavy atom. The molecule has 1 fully saturated rings. The van der Waals surface area contributed by atoms with Crippen LogP contribution in [0.4, 0.5) is 0 Å². The Morgan fingerprint density at radius 2 is 2.15 bits per heavy atom. The monoisotopic (exact) mass is 378 g/mol. The molecule has 0 radical (unpaired) electrons. The molecule has 7 nitrogen and oxygen atoms in total. The molecule has 1 atom stereocenters. The van der Waals surface area contributed by atoms with Crippen LogP contribution in [-0.4, -0.2) is 50.4 Å². The van der Waals surface area contributed by atoms with E-state index in [1.807, 2.05) is 0 Å². The molecule has 0 bridgehead atoms. The van der Waals surface area contributed by atoms with E-state index in [2.05, 4.69) is 10.6 Å². The summed E-state index contributed by atoms with van der Waals surface area (Å²) in [6, 6.07) is 5.66. The molecule has 1 aromatic carbocycles. The quantitative estimate of drug-likeness (QED) is 0.592. The van der Waals surface area contributed by atoms with E-state index in [9.17, 15) is 18.0 Å². The highest BCUT2D eigenvalue weighted by Crippen LogP contribution is 2.32. The van der Waals surface area contributed by atoms with Crippen molar-refractivity contribution >= 4 is 21.9 Å². The third-order valence-electron chi connectivity index (χ3n) is 4.36. The molecule has 1 aliphatic heterocycles. The van der Waals surface area contributed by atoms with Crippen LogP contribution in [0.2, 0.25) is 0 Å². The van der Waals surface area contributed by atoms with Gasteiger partial charge in [-0.05, 0) is 44.9 Å². The van der Waals surface area contributed by atoms with E-state index in [0.717, 1.165) is 0 Å². The van der Waals surface area contributed by atoms with Crippen LogP contribution in [0.1, 0.15) is 37.0 Å². The van der Waals surface area contributed by atoms with Gasteiger partial charge in [0.15, 0.2) is 0 Å². The number of hydrogen-bond acceptors (Lipinski definition) is 5. The lowest BCUT2D eigenvalue weighted by atomic mass is 9.98. The standard InChI is InChI=1S/C18H22N2O5S/c1-4-11-19-26(23,24)15-9-6-8-14(13-15)16(21)20-12-7-10-18(20,3)17(22)25-5-2/h1,6,8-9,13,19H,5,7,10-12H2,2-3H3/t18-/m0/s1. The molecule has 0 aliphatic carbocycles. The molecule has 140 valence electrons. The molecule has 1 saturated heterocycles. The second-order valence-corrected chi connectivity index (χ2v) is 7.88. The number of likely N-dealkylation sites (tertiary alicyclic amines) is 1. The SMILES string of the molecule is C#CCNS(=O)(=O)c1cccc(C(=O)N2CCC[C@@]2(C)C(=O)OCC)c1. The Morgan fingerprint density at radius 1 is 1.42 bits per heavy atom. The van der Waals surface area contributed by atoms with Gasteiger partial charge >= 0.3 is 5.97 Å². The van der Waals surface area contributed by atoms with Crippen molar-refractivity contribution in [3.05, 3.63) is 29.8 Å². The predicted octanol–water partition coefficient (Wildman–Crippen LogP) is 1.16. The highest BCUT2D eigenvalue weighted by molar-refractivity contribution is 7.89. The van der Waals surface area contributed by atoms with E-state index in [1.54, 1.807) is 13.8 Å². The lowest BCUT2D eigenvalue weighted by molar-refractivity contribution is -0.153. The zero-order chi connectivity index (χ0) is 19.4. The fraction of sp³-hybridized carbons (Fsp3) is 0.444. The van der Waals surface area contributed by atoms with E-state index in [4.69, 9.17) is 11.2 Å². The van der Waals surface area contributed by atoms with Gasteiger partial charge in [-0.25, -0.2) is 13.2 Å². The molecular weight excluding hydrogens is 356 g/mol. The highest BCUT2D eigenvalue weighted by Gasteiger charge is 2.47. The molecule has 0 unspecified atom stereocenters. The van der Waals surface area contributed by atoms with E-state index in [1.165, 1.54) is 29.2 Å². The van der Waals surface area contributed by atoms with E-state index in [0.29, 0.717) is 19.4 Å². The molecule has 1 N–H and O–H groups in total. The van der Waals surface area contributed by atoms with Gasteiger partial charge < -0.3 is 9.64 Å². The lowest BCUT2D eigenvalue weighted by Gasteiger charge is -2.33. The Bertz CT molecular complexity index is 843. The first-order valence-corrected chi connectivity index (χ1v) is 9.77. The van der Waals surface area contributed by atoms with Crippen LogP contribution < -0.4 is 4.72 Å². The number of esters is 1. The third-order valence-corrected chi connectivity index (χ3v) is 5.76. The van der Waals surface area contributed by atoms with Crippen LogP contribution in [0.5, 0.6) is 0 Å². The van der Waals surface area contributed by atoms with Crippen LogP contribution in [0.15, 0.2) is 29.2 Å². The summed E-state index contributed by atoms with van der Waals surface area (Å²) in [4.78, 5) is 26.6. The molecule has 0 aromatic heterocycles. The first-order chi connectivity index (χ1) is 12.3. The summed E-state index contributed by atoms with van der Waals surface area (Å²) in [5, 5.41) is 0. The molecule has 1 amide bonds. The first kappa shape index (κ1) is 19.9. The third kappa shape index (κ3) is 3.89. The number of nitrogens with one attached hydrogen (secondary N) is 1. The lowest BCUT2D eigenvalue weighted by Crippen LogP contribution is -2.51. The number of amides is 1. The van der Waals surface area contributed by atoms with Gasteiger partial charge in [0.2, 0.25) is 10.0 Å². The van der Waals surface area contributed by atoms with Crippen molar-refractivity contribution in [2.75, 3.05) is 19.7 Å². The molecule has 26 heavy (non-hydrogen) atoms. The number of nitrogens with zero attached hydrogens (tertiary/aromatic N) is 1. The van der Waals surface area contributed by atoms with Crippen molar-refractivity contribution in [2.24, 2.45) is 0 Å². The van der Waals surface area contributed by atoms with Crippen molar-refractivity contribution in [1.82, 2.24) is 9.62 Å². The van der Waals surface area contributed by atoms with Crippen LogP contribution in [-0.2, 0) is 19.6 Å². The normalized spacial score (nSPS) is 19.8. The van der Waals surface area contributed by atoms with Gasteiger partial charge in [-0.1, -0.05) is 12.0 Å². The molecule has 1 aliphatic rings. The number of hydrogen-bond donors (Lipinski definition) is 1. The van der Waals surface area contributed by atoms with Crippen molar-refractivity contribution in [3.8, 4) is 12.3 Å². The average molecular weight is 378 g/mol. The summed E-state index contributed by atoms with van der Waals surface area (Å²) in [5.74, 6) is 1.33. The van der Waals surface area contributed by atoms with Gasteiger partial charge in [-0.2, -0.15) is 4.72 Å². The molecule has 1 heterocycles. The summed E-state index contributed by atoms with van der Waals surface area (Å²) in [6.07, 6.45) is 6.24. The number of sulfonamides is 1. The number of rotatable bonds is 6. The smallest absolute Gasteiger partial charge is 0.331 e. The molecule has 8 heteroatoms. The zero-order valence-corrected chi connectivity index (χ0v) is 15.6. The Balaban J connectivity index is 2.31. The molecule has 0 spiro atoms. The molecule has 2 rings (SSSR count). The molecular formula is C18H22N2O5S. The second kappa shape index (κ2) is 7.89. The van der Waals surface area contributed by atoms with E-state index >= 15 is 0 Å². The van der Waals surface area contributed by atoms with Crippen LogP contribution in [0.25, 0.3) is 0 Å². The zero-order valence-electron chi connectivity index (χ0n) is 14.8. The largest absolute Gasteiger partial charge is 0.464 e. The summed E-state index contributed by atoms with van der Waals surface area (Å²) in [5.41, 5.74) is -0.866. The van der Waals surface area contributed by atoms with Crippen LogP contribution >= 0.6 is 0 Å². The highest BCUT2D eigenvalue weighted by atomic mass is 32.2. The van der Waals surface area contributed by atoms with Crippen LogP contribution in [0.3, 0.4) is 0 Å². The van der Waals surface area contributed by atoms with Crippen molar-refractivity contribution < 1.29 is 22.7 Å². The van der Waals surface area contributed by atoms with Crippen molar-refractivity contribution in [3.63, 3.8) is 0 Å². The fourth-order valence-electron chi connectivity index (χ4n) is 2.96. The van der Waals surface area contributed by atoms with Gasteiger partial charge in [0.25, 0.3) is 5.91 Å². The van der Waals surface area contributed by atoms with Gasteiger partial charge in [-0.15, -0.1) is 6.42 Å². The maximum absolute atomic E-state index is 12.9. The minimum absolute atomic E-state index is 0.0596. The van der Waals surface area contributed by atoms with E-state index < -0.39 is 27.4 Å². The molecule has 1 aromatic rings. The number of benzene rings is 1. The summed E-state index contributed by atoms with van der Waals surface area (Å²) < 4.78 is 31.8. The minimum atomic E-state index is -3.81. The summed E-state index contributed by atoms with van der Waals surface area (Å²) in [6.45, 7) is 3.87. The maximum Gasteiger partial charge on any atom is 0.331 e. The van der Waals surface area contributed by atoms with Gasteiger partial charge in [0.1, 0.15) is 5.54 Å². The maximum atomic E-state index is 12.9. The Hall–Kier alpha value is -2.37. The topological polar surface area (TPSA) is 92.8 Å². The van der Waals surface area contributed by atoms with Crippen LogP contribution in [0, 0.1) is 12.3 Å². The summed E-state index contributed by atoms with van der Waals surface area (Å²) in [7, 11) is -3.81. The van der Waals surface area contributed by atoms with Gasteiger partial charge in [-0.3, -0.25) is 4.79 Å². The Kier molecular flexibility index (Phi) is 6.05. The van der Waals surface area contributed by atoms with Crippen molar-refractivity contribution in [1.29, 1.82) is 0 Å². The average Bonchev–Trinajstić information content (AvgIpc) is 3.03.